The quantitative estimate of drug-likeness (QED) is 0.841. The van der Waals surface area contributed by atoms with Crippen molar-refractivity contribution in [1.29, 1.82) is 0 Å². The number of benzene rings is 1. The maximum Gasteiger partial charge on any atom is 0.124 e. The molecule has 1 aliphatic heterocycles. The molecule has 2 rings (SSSR count). The number of para-hydroxylation sites is 1. The minimum atomic E-state index is 0.302. The van der Waals surface area contributed by atoms with E-state index in [1.54, 1.807) is 0 Å². The fourth-order valence-electron chi connectivity index (χ4n) is 2.55. The average molecular weight is 249 g/mol. The minimum Gasteiger partial charge on any atom is -0.494 e. The summed E-state index contributed by atoms with van der Waals surface area (Å²) in [4.78, 5) is 0. The van der Waals surface area contributed by atoms with Crippen LogP contribution in [-0.2, 0) is 4.74 Å². The van der Waals surface area contributed by atoms with E-state index in [-0.39, 0.29) is 0 Å². The lowest BCUT2D eigenvalue weighted by Gasteiger charge is -2.22. The molecule has 3 heteroatoms. The Labute approximate surface area is 109 Å². The van der Waals surface area contributed by atoms with Crippen molar-refractivity contribution in [1.82, 2.24) is 5.32 Å². The van der Waals surface area contributed by atoms with Gasteiger partial charge in [0.1, 0.15) is 5.75 Å². The molecule has 0 radical (unpaired) electrons. The first kappa shape index (κ1) is 13.4. The van der Waals surface area contributed by atoms with Crippen LogP contribution in [0.25, 0.3) is 0 Å². The summed E-state index contributed by atoms with van der Waals surface area (Å²) in [5.74, 6) is 0.984. The third-order valence-corrected chi connectivity index (χ3v) is 3.47. The Bertz CT molecular complexity index is 361. The monoisotopic (exact) mass is 249 g/mol. The Morgan fingerprint density at radius 3 is 2.94 bits per heavy atom. The lowest BCUT2D eigenvalue weighted by Crippen LogP contribution is -2.22. The molecule has 0 bridgehead atoms. The van der Waals surface area contributed by atoms with Crippen LogP contribution in [-0.4, -0.2) is 26.4 Å². The Kier molecular flexibility index (Phi) is 5.02. The van der Waals surface area contributed by atoms with Gasteiger partial charge >= 0.3 is 0 Å². The molecule has 1 aliphatic rings. The molecule has 0 spiro atoms. The Hall–Kier alpha value is -1.06. The van der Waals surface area contributed by atoms with E-state index in [2.05, 4.69) is 17.4 Å². The van der Waals surface area contributed by atoms with Gasteiger partial charge in [0.05, 0.1) is 12.7 Å². The molecule has 0 aromatic heterocycles. The predicted octanol–water partition coefficient (Wildman–Crippen LogP) is 2.91. The number of rotatable bonds is 6. The van der Waals surface area contributed by atoms with Crippen molar-refractivity contribution in [3.05, 3.63) is 29.8 Å². The molecule has 1 N–H and O–H groups in total. The van der Waals surface area contributed by atoms with Crippen LogP contribution in [0.3, 0.4) is 0 Å². The zero-order valence-corrected chi connectivity index (χ0v) is 11.3. The molecule has 1 aromatic carbocycles. The van der Waals surface area contributed by atoms with Crippen molar-refractivity contribution in [2.75, 3.05) is 20.3 Å². The molecule has 3 nitrogen and oxygen atoms in total. The number of ether oxygens (including phenoxy) is 2. The van der Waals surface area contributed by atoms with Crippen LogP contribution in [0.5, 0.6) is 5.75 Å². The van der Waals surface area contributed by atoms with E-state index >= 15 is 0 Å². The van der Waals surface area contributed by atoms with Crippen LogP contribution in [0.15, 0.2) is 24.3 Å². The van der Waals surface area contributed by atoms with Gasteiger partial charge in [0.2, 0.25) is 0 Å². The Morgan fingerprint density at radius 1 is 1.44 bits per heavy atom. The molecule has 18 heavy (non-hydrogen) atoms. The van der Waals surface area contributed by atoms with Crippen molar-refractivity contribution in [3.8, 4) is 5.75 Å². The third kappa shape index (κ3) is 3.24. The maximum absolute atomic E-state index is 5.73. The normalized spacial score (nSPS) is 20.9. The van der Waals surface area contributed by atoms with Crippen LogP contribution >= 0.6 is 0 Å². The maximum atomic E-state index is 5.73. The van der Waals surface area contributed by atoms with Gasteiger partial charge in [0, 0.05) is 18.2 Å². The largest absolute Gasteiger partial charge is 0.494 e. The van der Waals surface area contributed by atoms with E-state index < -0.39 is 0 Å². The molecule has 0 aliphatic carbocycles. The third-order valence-electron chi connectivity index (χ3n) is 3.47. The first-order valence-electron chi connectivity index (χ1n) is 6.85. The van der Waals surface area contributed by atoms with Gasteiger partial charge < -0.3 is 14.8 Å². The standard InChI is InChI=1S/C15H23NO2/c1-3-17-15-9-5-4-8-13(15)14(16-2)11-12-7-6-10-18-12/h4-5,8-9,12,14,16H,3,6-7,10-11H2,1-2H3. The van der Waals surface area contributed by atoms with Gasteiger partial charge in [-0.1, -0.05) is 18.2 Å². The highest BCUT2D eigenvalue weighted by Gasteiger charge is 2.22. The number of hydrogen-bond donors (Lipinski definition) is 1. The van der Waals surface area contributed by atoms with E-state index in [4.69, 9.17) is 9.47 Å². The van der Waals surface area contributed by atoms with Crippen LogP contribution in [0.1, 0.15) is 37.8 Å². The summed E-state index contributed by atoms with van der Waals surface area (Å²) in [6.45, 7) is 3.63. The van der Waals surface area contributed by atoms with Crippen molar-refractivity contribution in [2.24, 2.45) is 0 Å². The van der Waals surface area contributed by atoms with Crippen LogP contribution in [0.4, 0.5) is 0 Å². The molecule has 1 heterocycles. The van der Waals surface area contributed by atoms with Crippen LogP contribution in [0.2, 0.25) is 0 Å². The second-order valence-electron chi connectivity index (χ2n) is 4.68. The van der Waals surface area contributed by atoms with E-state index in [0.29, 0.717) is 18.8 Å². The summed E-state index contributed by atoms with van der Waals surface area (Å²) in [6.07, 6.45) is 3.76. The molecule has 0 saturated carbocycles. The highest BCUT2D eigenvalue weighted by molar-refractivity contribution is 5.36. The van der Waals surface area contributed by atoms with Crippen LogP contribution < -0.4 is 10.1 Å². The zero-order chi connectivity index (χ0) is 12.8. The van der Waals surface area contributed by atoms with Gasteiger partial charge in [-0.15, -0.1) is 0 Å². The van der Waals surface area contributed by atoms with E-state index in [9.17, 15) is 0 Å². The van der Waals surface area contributed by atoms with Gasteiger partial charge in [0.25, 0.3) is 0 Å². The highest BCUT2D eigenvalue weighted by Crippen LogP contribution is 2.30. The van der Waals surface area contributed by atoms with Gasteiger partial charge in [-0.2, -0.15) is 0 Å². The van der Waals surface area contributed by atoms with Gasteiger partial charge in [-0.3, -0.25) is 0 Å². The van der Waals surface area contributed by atoms with E-state index in [0.717, 1.165) is 18.8 Å². The molecular formula is C15H23NO2. The molecule has 2 atom stereocenters. The first-order chi connectivity index (χ1) is 8.85. The van der Waals surface area contributed by atoms with Crippen molar-refractivity contribution < 1.29 is 9.47 Å². The summed E-state index contributed by atoms with van der Waals surface area (Å²) in [5, 5.41) is 3.38. The van der Waals surface area contributed by atoms with Crippen molar-refractivity contribution in [3.63, 3.8) is 0 Å². The van der Waals surface area contributed by atoms with Gasteiger partial charge in [-0.05, 0) is 39.3 Å². The highest BCUT2D eigenvalue weighted by atomic mass is 16.5. The lowest BCUT2D eigenvalue weighted by atomic mass is 9.98. The SMILES string of the molecule is CCOc1ccccc1C(CC1CCCO1)NC. The molecule has 0 amide bonds. The fourth-order valence-corrected chi connectivity index (χ4v) is 2.55. The van der Waals surface area contributed by atoms with Gasteiger partial charge in [0.15, 0.2) is 0 Å². The molecule has 100 valence electrons. The second-order valence-corrected chi connectivity index (χ2v) is 4.68. The van der Waals surface area contributed by atoms with Gasteiger partial charge in [-0.25, -0.2) is 0 Å². The number of hydrogen-bond acceptors (Lipinski definition) is 3. The lowest BCUT2D eigenvalue weighted by molar-refractivity contribution is 0.0950. The smallest absolute Gasteiger partial charge is 0.124 e. The van der Waals surface area contributed by atoms with E-state index in [1.165, 1.54) is 18.4 Å². The van der Waals surface area contributed by atoms with Crippen molar-refractivity contribution in [2.45, 2.75) is 38.3 Å². The molecule has 1 saturated heterocycles. The average Bonchev–Trinajstić information content (AvgIpc) is 2.90. The van der Waals surface area contributed by atoms with Crippen molar-refractivity contribution >= 4 is 0 Å². The molecule has 1 fully saturated rings. The summed E-state index contributed by atoms with van der Waals surface area (Å²) in [6, 6.07) is 8.57. The summed E-state index contributed by atoms with van der Waals surface area (Å²) in [5.41, 5.74) is 1.23. The minimum absolute atomic E-state index is 0.302. The molecule has 2 unspecified atom stereocenters. The summed E-state index contributed by atoms with van der Waals surface area (Å²) < 4.78 is 11.4. The topological polar surface area (TPSA) is 30.5 Å². The fraction of sp³-hybridized carbons (Fsp3) is 0.600. The summed E-state index contributed by atoms with van der Waals surface area (Å²) >= 11 is 0. The molecule has 1 aromatic rings. The van der Waals surface area contributed by atoms with E-state index in [1.807, 2.05) is 26.1 Å². The molecular weight excluding hydrogens is 226 g/mol. The second kappa shape index (κ2) is 6.76. The predicted molar refractivity (Wildman–Crippen MR) is 73.0 cm³/mol. The Morgan fingerprint density at radius 2 is 2.28 bits per heavy atom. The summed E-state index contributed by atoms with van der Waals surface area (Å²) in [7, 11) is 2.00. The first-order valence-corrected chi connectivity index (χ1v) is 6.85. The Balaban J connectivity index is 2.10. The zero-order valence-electron chi connectivity index (χ0n) is 11.3. The van der Waals surface area contributed by atoms with Crippen LogP contribution in [0, 0.1) is 0 Å². The number of nitrogens with one attached hydrogen (secondary N) is 1.